The number of hydrogen-bond acceptors (Lipinski definition) is 1. The summed E-state index contributed by atoms with van der Waals surface area (Å²) in [6.45, 7) is 5.58. The predicted molar refractivity (Wildman–Crippen MR) is 51.9 cm³/mol. The molecule has 0 N–H and O–H groups in total. The van der Waals surface area contributed by atoms with Gasteiger partial charge in [0.1, 0.15) is 0 Å². The Morgan fingerprint density at radius 1 is 1.12 bits per heavy atom. The molecule has 0 unspecified atom stereocenters. The van der Waals surface area contributed by atoms with Crippen molar-refractivity contribution < 1.29 is 22.0 Å². The fraction of sp³-hybridized carbons (Fsp3) is 0.700. The Labute approximate surface area is 95.4 Å². The molecule has 1 heterocycles. The van der Waals surface area contributed by atoms with Crippen molar-refractivity contribution in [3.63, 3.8) is 0 Å². The Hall–Kier alpha value is -1.14. The van der Waals surface area contributed by atoms with Gasteiger partial charge in [-0.2, -0.15) is 18.3 Å². The van der Waals surface area contributed by atoms with Crippen molar-refractivity contribution in [2.45, 2.75) is 45.8 Å². The standard InChI is InChI=1S/C10H13F5N2/c1-5-6(8(11)12)7(10(13,14)15)17(16-5)9(2,3)4/h8H,1-4H3. The molecule has 17 heavy (non-hydrogen) atoms. The summed E-state index contributed by atoms with van der Waals surface area (Å²) in [5, 5.41) is 3.59. The maximum atomic E-state index is 12.8. The van der Waals surface area contributed by atoms with Gasteiger partial charge in [-0.05, 0) is 27.7 Å². The van der Waals surface area contributed by atoms with Crippen LogP contribution in [0.2, 0.25) is 0 Å². The number of aromatic nitrogens is 2. The van der Waals surface area contributed by atoms with E-state index in [1.54, 1.807) is 0 Å². The topological polar surface area (TPSA) is 17.8 Å². The number of halogens is 5. The van der Waals surface area contributed by atoms with Gasteiger partial charge in [0.2, 0.25) is 0 Å². The van der Waals surface area contributed by atoms with E-state index < -0.39 is 29.4 Å². The number of aryl methyl sites for hydroxylation is 1. The van der Waals surface area contributed by atoms with E-state index in [1.807, 2.05) is 0 Å². The molecular formula is C10H13F5N2. The molecule has 1 aromatic rings. The highest BCUT2D eigenvalue weighted by atomic mass is 19.4. The second-order valence-corrected chi connectivity index (χ2v) is 4.73. The third kappa shape index (κ3) is 2.58. The van der Waals surface area contributed by atoms with Crippen LogP contribution in [0.1, 0.15) is 44.1 Å². The molecule has 1 aromatic heterocycles. The van der Waals surface area contributed by atoms with Crippen LogP contribution in [-0.2, 0) is 11.7 Å². The second kappa shape index (κ2) is 3.96. The van der Waals surface area contributed by atoms with Crippen molar-refractivity contribution in [3.8, 4) is 0 Å². The highest BCUT2D eigenvalue weighted by molar-refractivity contribution is 5.30. The molecule has 0 aliphatic heterocycles. The monoisotopic (exact) mass is 256 g/mol. The molecule has 0 fully saturated rings. The van der Waals surface area contributed by atoms with Gasteiger partial charge in [0.15, 0.2) is 5.69 Å². The van der Waals surface area contributed by atoms with Crippen LogP contribution in [0.25, 0.3) is 0 Å². The van der Waals surface area contributed by atoms with Crippen LogP contribution < -0.4 is 0 Å². The van der Waals surface area contributed by atoms with E-state index in [0.717, 1.165) is 6.92 Å². The van der Waals surface area contributed by atoms with E-state index >= 15 is 0 Å². The molecule has 0 saturated carbocycles. The molecule has 0 saturated heterocycles. The van der Waals surface area contributed by atoms with Crippen molar-refractivity contribution in [1.82, 2.24) is 9.78 Å². The molecule has 0 atom stereocenters. The van der Waals surface area contributed by atoms with Crippen LogP contribution in [0.5, 0.6) is 0 Å². The van der Waals surface area contributed by atoms with E-state index in [1.165, 1.54) is 20.8 Å². The fourth-order valence-corrected chi connectivity index (χ4v) is 1.56. The van der Waals surface area contributed by atoms with Gasteiger partial charge in [-0.1, -0.05) is 0 Å². The zero-order valence-electron chi connectivity index (χ0n) is 9.86. The van der Waals surface area contributed by atoms with Gasteiger partial charge in [0.05, 0.1) is 16.8 Å². The minimum Gasteiger partial charge on any atom is -0.254 e. The first-order valence-electron chi connectivity index (χ1n) is 4.91. The van der Waals surface area contributed by atoms with Crippen molar-refractivity contribution in [3.05, 3.63) is 17.0 Å². The number of alkyl halides is 5. The summed E-state index contributed by atoms with van der Waals surface area (Å²) in [7, 11) is 0. The van der Waals surface area contributed by atoms with E-state index in [9.17, 15) is 22.0 Å². The van der Waals surface area contributed by atoms with E-state index in [-0.39, 0.29) is 5.69 Å². The molecule has 0 amide bonds. The predicted octanol–water partition coefficient (Wildman–Crippen LogP) is 3.90. The summed E-state index contributed by atoms with van der Waals surface area (Å²) in [6, 6.07) is 0. The molecule has 7 heteroatoms. The van der Waals surface area contributed by atoms with Crippen LogP contribution in [0.4, 0.5) is 22.0 Å². The van der Waals surface area contributed by atoms with Crippen molar-refractivity contribution in [1.29, 1.82) is 0 Å². The minimum atomic E-state index is -4.85. The zero-order chi connectivity index (χ0) is 13.6. The first kappa shape index (κ1) is 13.9. The smallest absolute Gasteiger partial charge is 0.254 e. The normalized spacial score (nSPS) is 13.5. The van der Waals surface area contributed by atoms with Crippen molar-refractivity contribution in [2.24, 2.45) is 0 Å². The van der Waals surface area contributed by atoms with Gasteiger partial charge < -0.3 is 0 Å². The lowest BCUT2D eigenvalue weighted by molar-refractivity contribution is -0.148. The lowest BCUT2D eigenvalue weighted by Gasteiger charge is -2.23. The van der Waals surface area contributed by atoms with Crippen LogP contribution in [0.15, 0.2) is 0 Å². The summed E-state index contributed by atoms with van der Waals surface area (Å²) in [6.07, 6.45) is -8.04. The lowest BCUT2D eigenvalue weighted by Crippen LogP contribution is -2.29. The van der Waals surface area contributed by atoms with Crippen LogP contribution in [-0.4, -0.2) is 9.78 Å². The third-order valence-corrected chi connectivity index (χ3v) is 2.23. The Balaban J connectivity index is 3.60. The van der Waals surface area contributed by atoms with Crippen molar-refractivity contribution >= 4 is 0 Å². The van der Waals surface area contributed by atoms with Gasteiger partial charge in [0, 0.05) is 0 Å². The van der Waals surface area contributed by atoms with E-state index in [0.29, 0.717) is 4.68 Å². The van der Waals surface area contributed by atoms with Gasteiger partial charge >= 0.3 is 6.18 Å². The first-order valence-corrected chi connectivity index (χ1v) is 4.91. The quantitative estimate of drug-likeness (QED) is 0.697. The van der Waals surface area contributed by atoms with Crippen LogP contribution >= 0.6 is 0 Å². The molecule has 1 rings (SSSR count). The largest absolute Gasteiger partial charge is 0.433 e. The van der Waals surface area contributed by atoms with Gasteiger partial charge in [-0.3, -0.25) is 4.68 Å². The highest BCUT2D eigenvalue weighted by Gasteiger charge is 2.43. The Bertz CT molecular complexity index is 412. The molecule has 0 aliphatic rings. The highest BCUT2D eigenvalue weighted by Crippen LogP contribution is 2.40. The molecule has 2 nitrogen and oxygen atoms in total. The third-order valence-electron chi connectivity index (χ3n) is 2.23. The van der Waals surface area contributed by atoms with Gasteiger partial charge in [-0.15, -0.1) is 0 Å². The number of hydrogen-bond donors (Lipinski definition) is 0. The Morgan fingerprint density at radius 2 is 1.59 bits per heavy atom. The summed E-state index contributed by atoms with van der Waals surface area (Å²) in [5.74, 6) is 0. The SMILES string of the molecule is Cc1nn(C(C)(C)C)c(C(F)(F)F)c1C(F)F. The average molecular weight is 256 g/mol. The van der Waals surface area contributed by atoms with Crippen LogP contribution in [0.3, 0.4) is 0 Å². The van der Waals surface area contributed by atoms with Crippen LogP contribution in [0, 0.1) is 6.92 Å². The molecule has 0 radical (unpaired) electrons. The summed E-state index contributed by atoms with van der Waals surface area (Å²) in [4.78, 5) is 0. The number of nitrogens with zero attached hydrogens (tertiary/aromatic N) is 2. The maximum Gasteiger partial charge on any atom is 0.433 e. The second-order valence-electron chi connectivity index (χ2n) is 4.73. The van der Waals surface area contributed by atoms with E-state index in [4.69, 9.17) is 0 Å². The average Bonchev–Trinajstić information content (AvgIpc) is 2.40. The Kier molecular flexibility index (Phi) is 3.24. The summed E-state index contributed by atoms with van der Waals surface area (Å²) < 4.78 is 64.4. The van der Waals surface area contributed by atoms with E-state index in [2.05, 4.69) is 5.10 Å². The number of rotatable bonds is 1. The van der Waals surface area contributed by atoms with Gasteiger partial charge in [-0.25, -0.2) is 8.78 Å². The molecule has 0 spiro atoms. The molecule has 98 valence electrons. The fourth-order valence-electron chi connectivity index (χ4n) is 1.56. The minimum absolute atomic E-state index is 0.290. The molecule has 0 aliphatic carbocycles. The molecule has 0 aromatic carbocycles. The molecule has 0 bridgehead atoms. The summed E-state index contributed by atoms with van der Waals surface area (Å²) >= 11 is 0. The Morgan fingerprint density at radius 3 is 1.88 bits per heavy atom. The molecular weight excluding hydrogens is 243 g/mol. The maximum absolute atomic E-state index is 12.8. The first-order chi connectivity index (χ1) is 7.46. The van der Waals surface area contributed by atoms with Gasteiger partial charge in [0.25, 0.3) is 6.43 Å². The summed E-state index contributed by atoms with van der Waals surface area (Å²) in [5.41, 5.74) is -3.70. The van der Waals surface area contributed by atoms with Crippen molar-refractivity contribution in [2.75, 3.05) is 0 Å². The lowest BCUT2D eigenvalue weighted by atomic mass is 10.1. The zero-order valence-corrected chi connectivity index (χ0v) is 9.86.